The summed E-state index contributed by atoms with van der Waals surface area (Å²) in [6, 6.07) is 9.53. The largest absolute Gasteiger partial charge is 0.305 e. The Hall–Kier alpha value is -2.54. The smallest absolute Gasteiger partial charge is 0.291 e. The highest BCUT2D eigenvalue weighted by Gasteiger charge is 2.09. The number of nitrogens with one attached hydrogen (secondary N) is 1. The van der Waals surface area contributed by atoms with Crippen molar-refractivity contribution >= 4 is 33.7 Å². The summed E-state index contributed by atoms with van der Waals surface area (Å²) < 4.78 is 15.6. The Kier molecular flexibility index (Phi) is 3.97. The van der Waals surface area contributed by atoms with Crippen molar-refractivity contribution in [2.45, 2.75) is 0 Å². The zero-order valence-corrected chi connectivity index (χ0v) is 12.8. The first kappa shape index (κ1) is 14.4. The lowest BCUT2D eigenvalue weighted by Crippen LogP contribution is -2.17. The third kappa shape index (κ3) is 3.20. The van der Waals surface area contributed by atoms with Gasteiger partial charge in [0, 0.05) is 16.9 Å². The van der Waals surface area contributed by atoms with E-state index in [-0.39, 0.29) is 11.5 Å². The van der Waals surface area contributed by atoms with Crippen LogP contribution in [0.3, 0.4) is 0 Å². The van der Waals surface area contributed by atoms with Gasteiger partial charge in [-0.1, -0.05) is 12.1 Å². The van der Waals surface area contributed by atoms with Crippen molar-refractivity contribution in [3.05, 3.63) is 70.3 Å². The maximum absolute atomic E-state index is 13.0. The minimum Gasteiger partial charge on any atom is -0.305 e. The van der Waals surface area contributed by atoms with Gasteiger partial charge in [-0.3, -0.25) is 4.79 Å². The van der Waals surface area contributed by atoms with Crippen LogP contribution in [0, 0.1) is 5.82 Å². The SMILES string of the molecule is O=C(N/N=C/c1cccc(F)c1)c1cn2cc(Br)ccc2n1. The zero-order chi connectivity index (χ0) is 15.5. The number of hydrazone groups is 1. The summed E-state index contributed by atoms with van der Waals surface area (Å²) in [4.78, 5) is 16.2. The van der Waals surface area contributed by atoms with E-state index in [1.165, 1.54) is 18.3 Å². The fourth-order valence-electron chi connectivity index (χ4n) is 1.88. The molecule has 3 rings (SSSR count). The van der Waals surface area contributed by atoms with E-state index >= 15 is 0 Å². The highest BCUT2D eigenvalue weighted by atomic mass is 79.9. The van der Waals surface area contributed by atoms with Crippen LogP contribution in [0.15, 0.2) is 58.4 Å². The third-order valence-electron chi connectivity index (χ3n) is 2.88. The molecule has 0 aliphatic heterocycles. The maximum Gasteiger partial charge on any atom is 0.291 e. The van der Waals surface area contributed by atoms with Crippen LogP contribution in [0.5, 0.6) is 0 Å². The van der Waals surface area contributed by atoms with Crippen molar-refractivity contribution < 1.29 is 9.18 Å². The van der Waals surface area contributed by atoms with Gasteiger partial charge in [-0.15, -0.1) is 0 Å². The summed E-state index contributed by atoms with van der Waals surface area (Å²) in [5.41, 5.74) is 3.82. The molecule has 110 valence electrons. The average molecular weight is 361 g/mol. The highest BCUT2D eigenvalue weighted by Crippen LogP contribution is 2.12. The van der Waals surface area contributed by atoms with Crippen molar-refractivity contribution in [2.75, 3.05) is 0 Å². The first-order chi connectivity index (χ1) is 10.6. The summed E-state index contributed by atoms with van der Waals surface area (Å²) in [7, 11) is 0. The van der Waals surface area contributed by atoms with E-state index in [9.17, 15) is 9.18 Å². The van der Waals surface area contributed by atoms with Gasteiger partial charge >= 0.3 is 0 Å². The standard InChI is InChI=1S/C15H10BrFN4O/c16-11-4-5-14-19-13(9-21(14)8-11)15(22)20-18-7-10-2-1-3-12(17)6-10/h1-9H,(H,20,22)/b18-7+. The number of aromatic nitrogens is 2. The molecule has 0 fully saturated rings. The van der Waals surface area contributed by atoms with Gasteiger partial charge in [0.2, 0.25) is 0 Å². The number of carbonyl (C=O) groups is 1. The molecule has 1 N–H and O–H groups in total. The molecular weight excluding hydrogens is 351 g/mol. The lowest BCUT2D eigenvalue weighted by molar-refractivity contribution is 0.0951. The van der Waals surface area contributed by atoms with Crippen molar-refractivity contribution in [3.8, 4) is 0 Å². The number of nitrogens with zero attached hydrogens (tertiary/aromatic N) is 3. The fraction of sp³-hybridized carbons (Fsp3) is 0. The molecule has 0 saturated carbocycles. The first-order valence-electron chi connectivity index (χ1n) is 6.35. The van der Waals surface area contributed by atoms with Crippen LogP contribution in [-0.2, 0) is 0 Å². The molecule has 2 aromatic heterocycles. The second kappa shape index (κ2) is 6.07. The molecule has 0 spiro atoms. The Labute approximate surface area is 133 Å². The van der Waals surface area contributed by atoms with Crippen LogP contribution < -0.4 is 5.43 Å². The van der Waals surface area contributed by atoms with E-state index in [0.29, 0.717) is 11.2 Å². The monoisotopic (exact) mass is 360 g/mol. The van der Waals surface area contributed by atoms with Crippen LogP contribution in [0.2, 0.25) is 0 Å². The Morgan fingerprint density at radius 2 is 2.18 bits per heavy atom. The molecule has 0 atom stereocenters. The number of halogens is 2. The van der Waals surface area contributed by atoms with Crippen molar-refractivity contribution in [1.29, 1.82) is 0 Å². The second-order valence-electron chi connectivity index (χ2n) is 4.49. The molecule has 0 radical (unpaired) electrons. The number of amides is 1. The van der Waals surface area contributed by atoms with E-state index in [2.05, 4.69) is 31.4 Å². The Morgan fingerprint density at radius 1 is 1.32 bits per heavy atom. The number of hydrogen-bond donors (Lipinski definition) is 1. The Bertz CT molecular complexity index is 875. The molecular formula is C15H10BrFN4O. The van der Waals surface area contributed by atoms with Gasteiger partial charge < -0.3 is 4.40 Å². The Morgan fingerprint density at radius 3 is 3.00 bits per heavy atom. The van der Waals surface area contributed by atoms with Gasteiger partial charge in [0.15, 0.2) is 0 Å². The number of pyridine rings is 1. The summed E-state index contributed by atoms with van der Waals surface area (Å²) in [6.07, 6.45) is 4.77. The number of benzene rings is 1. The van der Waals surface area contributed by atoms with E-state index in [1.807, 2.05) is 6.07 Å². The van der Waals surface area contributed by atoms with Crippen LogP contribution in [0.4, 0.5) is 4.39 Å². The number of carbonyl (C=O) groups excluding carboxylic acids is 1. The average Bonchev–Trinajstić information content (AvgIpc) is 2.90. The molecule has 0 aliphatic rings. The minimum absolute atomic E-state index is 0.245. The van der Waals surface area contributed by atoms with E-state index in [0.717, 1.165) is 4.47 Å². The molecule has 0 bridgehead atoms. The highest BCUT2D eigenvalue weighted by molar-refractivity contribution is 9.10. The third-order valence-corrected chi connectivity index (χ3v) is 3.35. The fourth-order valence-corrected chi connectivity index (χ4v) is 2.24. The van der Waals surface area contributed by atoms with Gasteiger partial charge in [-0.2, -0.15) is 5.10 Å². The predicted octanol–water partition coefficient (Wildman–Crippen LogP) is 3.00. The second-order valence-corrected chi connectivity index (χ2v) is 5.41. The lowest BCUT2D eigenvalue weighted by atomic mass is 10.2. The summed E-state index contributed by atoms with van der Waals surface area (Å²) in [5, 5.41) is 3.80. The Balaban J connectivity index is 1.73. The van der Waals surface area contributed by atoms with E-state index < -0.39 is 5.91 Å². The van der Waals surface area contributed by atoms with Crippen LogP contribution >= 0.6 is 15.9 Å². The number of imidazole rings is 1. The van der Waals surface area contributed by atoms with E-state index in [4.69, 9.17) is 0 Å². The van der Waals surface area contributed by atoms with E-state index in [1.54, 1.807) is 35.0 Å². The first-order valence-corrected chi connectivity index (χ1v) is 7.14. The summed E-state index contributed by atoms with van der Waals surface area (Å²) in [6.45, 7) is 0. The molecule has 2 heterocycles. The number of rotatable bonds is 3. The molecule has 1 aromatic carbocycles. The normalized spacial score (nSPS) is 11.2. The molecule has 5 nitrogen and oxygen atoms in total. The van der Waals surface area contributed by atoms with Gasteiger partial charge in [0.1, 0.15) is 17.2 Å². The predicted molar refractivity (Wildman–Crippen MR) is 84.4 cm³/mol. The molecule has 0 saturated heterocycles. The molecule has 22 heavy (non-hydrogen) atoms. The van der Waals surface area contributed by atoms with Crippen molar-refractivity contribution in [2.24, 2.45) is 5.10 Å². The van der Waals surface area contributed by atoms with Gasteiger partial charge in [0.25, 0.3) is 5.91 Å². The van der Waals surface area contributed by atoms with Gasteiger partial charge in [-0.25, -0.2) is 14.8 Å². The zero-order valence-electron chi connectivity index (χ0n) is 11.2. The lowest BCUT2D eigenvalue weighted by Gasteiger charge is -1.95. The topological polar surface area (TPSA) is 58.8 Å². The van der Waals surface area contributed by atoms with Crippen LogP contribution in [0.1, 0.15) is 16.1 Å². The quantitative estimate of drug-likeness (QED) is 0.576. The van der Waals surface area contributed by atoms with Gasteiger partial charge in [0.05, 0.1) is 6.21 Å². The van der Waals surface area contributed by atoms with Crippen molar-refractivity contribution in [3.63, 3.8) is 0 Å². The molecule has 3 aromatic rings. The number of fused-ring (bicyclic) bond motifs is 1. The molecule has 0 aliphatic carbocycles. The molecule has 7 heteroatoms. The minimum atomic E-state index is -0.438. The van der Waals surface area contributed by atoms with Crippen LogP contribution in [-0.4, -0.2) is 21.5 Å². The molecule has 0 unspecified atom stereocenters. The van der Waals surface area contributed by atoms with Gasteiger partial charge in [-0.05, 0) is 45.8 Å². The van der Waals surface area contributed by atoms with Crippen LogP contribution in [0.25, 0.3) is 5.65 Å². The molecule has 1 amide bonds. The number of hydrogen-bond acceptors (Lipinski definition) is 3. The van der Waals surface area contributed by atoms with Crippen molar-refractivity contribution in [1.82, 2.24) is 14.8 Å². The summed E-state index contributed by atoms with van der Waals surface area (Å²) >= 11 is 3.35. The summed E-state index contributed by atoms with van der Waals surface area (Å²) in [5.74, 6) is -0.798. The maximum atomic E-state index is 13.0.